The zero-order valence-electron chi connectivity index (χ0n) is 7.28. The second kappa shape index (κ2) is 4.48. The van der Waals surface area contributed by atoms with Crippen LogP contribution in [-0.2, 0) is 0 Å². The standard InChI is InChI=1S/C8H17NSi/c1-5-9-10(6-2,7-3)8-4/h1,6-8H2,2-4H3. The Morgan fingerprint density at radius 3 is 1.70 bits per heavy atom. The van der Waals surface area contributed by atoms with Gasteiger partial charge in [0.25, 0.3) is 0 Å². The van der Waals surface area contributed by atoms with Gasteiger partial charge in [-0.1, -0.05) is 20.8 Å². The third kappa shape index (κ3) is 2.12. The quantitative estimate of drug-likeness (QED) is 0.437. The Kier molecular flexibility index (Phi) is 4.33. The fourth-order valence-corrected chi connectivity index (χ4v) is 3.46. The summed E-state index contributed by atoms with van der Waals surface area (Å²) < 4.78 is 4.39. The fraction of sp³-hybridized carbons (Fsp3) is 0.750. The average Bonchev–Trinajstić information content (AvgIpc) is 2.01. The summed E-state index contributed by atoms with van der Waals surface area (Å²) in [4.78, 5) is 0. The molecule has 0 saturated heterocycles. The smallest absolute Gasteiger partial charge is 0.192 e. The first-order chi connectivity index (χ1) is 4.74. The summed E-state index contributed by atoms with van der Waals surface area (Å²) in [6.07, 6.45) is 0. The zero-order valence-corrected chi connectivity index (χ0v) is 8.28. The van der Waals surface area contributed by atoms with Crippen LogP contribution in [0.25, 0.3) is 0 Å². The molecule has 2 heteroatoms. The third-order valence-corrected chi connectivity index (χ3v) is 6.87. The van der Waals surface area contributed by atoms with Crippen LogP contribution in [0.5, 0.6) is 0 Å². The Bertz CT molecular complexity index is 124. The zero-order chi connectivity index (χ0) is 8.04. The normalized spacial score (nSPS) is 10.7. The second-order valence-corrected chi connectivity index (χ2v) is 7.35. The van der Waals surface area contributed by atoms with E-state index in [2.05, 4.69) is 37.9 Å². The lowest BCUT2D eigenvalue weighted by atomic mass is 10.9. The summed E-state index contributed by atoms with van der Waals surface area (Å²) in [6.45, 7) is 10.2. The van der Waals surface area contributed by atoms with Crippen LogP contribution in [0.3, 0.4) is 0 Å². The van der Waals surface area contributed by atoms with Crippen LogP contribution in [0.1, 0.15) is 20.8 Å². The summed E-state index contributed by atoms with van der Waals surface area (Å²) in [7, 11) is -1.27. The molecule has 0 aliphatic rings. The van der Waals surface area contributed by atoms with Gasteiger partial charge in [-0.25, -0.2) is 0 Å². The van der Waals surface area contributed by atoms with Crippen LogP contribution in [0.2, 0.25) is 18.1 Å². The monoisotopic (exact) mass is 155 g/mol. The molecule has 0 aromatic carbocycles. The molecule has 0 unspecified atom stereocenters. The van der Waals surface area contributed by atoms with Crippen LogP contribution in [0.15, 0.2) is 11.2 Å². The highest BCUT2D eigenvalue weighted by Crippen LogP contribution is 2.20. The minimum absolute atomic E-state index is 1.22. The minimum atomic E-state index is -1.27. The molecule has 0 N–H and O–H groups in total. The van der Waals surface area contributed by atoms with Crippen molar-refractivity contribution in [2.24, 2.45) is 4.66 Å². The van der Waals surface area contributed by atoms with Crippen molar-refractivity contribution < 1.29 is 0 Å². The molecule has 0 amide bonds. The van der Waals surface area contributed by atoms with Crippen LogP contribution < -0.4 is 0 Å². The summed E-state index contributed by atoms with van der Waals surface area (Å²) >= 11 is 0. The summed E-state index contributed by atoms with van der Waals surface area (Å²) in [5.41, 5.74) is 0. The maximum absolute atomic E-state index is 4.39. The first kappa shape index (κ1) is 9.67. The topological polar surface area (TPSA) is 12.4 Å². The lowest BCUT2D eigenvalue weighted by molar-refractivity contribution is 1.15. The van der Waals surface area contributed by atoms with E-state index in [1.165, 1.54) is 18.1 Å². The summed E-state index contributed by atoms with van der Waals surface area (Å²) in [5.74, 6) is 2.70. The van der Waals surface area contributed by atoms with Crippen molar-refractivity contribution in [3.8, 4) is 0 Å². The van der Waals surface area contributed by atoms with E-state index in [0.29, 0.717) is 0 Å². The predicted octanol–water partition coefficient (Wildman–Crippen LogP) is 2.85. The highest BCUT2D eigenvalue weighted by molar-refractivity contribution is 6.78. The van der Waals surface area contributed by atoms with Gasteiger partial charge in [-0.15, -0.1) is 0 Å². The first-order valence-corrected chi connectivity index (χ1v) is 6.55. The van der Waals surface area contributed by atoms with Crippen molar-refractivity contribution in [1.82, 2.24) is 0 Å². The fourth-order valence-electron chi connectivity index (χ4n) is 1.15. The van der Waals surface area contributed by atoms with Gasteiger partial charge in [0.05, 0.1) is 0 Å². The van der Waals surface area contributed by atoms with Crippen molar-refractivity contribution in [2.45, 2.75) is 38.9 Å². The van der Waals surface area contributed by atoms with Gasteiger partial charge in [0.15, 0.2) is 8.24 Å². The van der Waals surface area contributed by atoms with Crippen LogP contribution in [-0.4, -0.2) is 14.1 Å². The second-order valence-electron chi connectivity index (χ2n) is 2.55. The van der Waals surface area contributed by atoms with Crippen molar-refractivity contribution >= 4 is 14.1 Å². The number of hydrogen-bond donors (Lipinski definition) is 0. The Balaban J connectivity index is 4.29. The van der Waals surface area contributed by atoms with Crippen molar-refractivity contribution in [2.75, 3.05) is 0 Å². The van der Waals surface area contributed by atoms with Gasteiger partial charge >= 0.3 is 0 Å². The average molecular weight is 155 g/mol. The van der Waals surface area contributed by atoms with E-state index in [0.717, 1.165) is 0 Å². The lowest BCUT2D eigenvalue weighted by Gasteiger charge is -2.19. The SMILES string of the molecule is C=C=N[Si](CC)(CC)CC. The van der Waals surface area contributed by atoms with Gasteiger partial charge < -0.3 is 0 Å². The molecule has 0 aromatic heterocycles. The largest absolute Gasteiger partial charge is 0.284 e. The highest BCUT2D eigenvalue weighted by atomic mass is 28.3. The molecule has 0 saturated carbocycles. The maximum Gasteiger partial charge on any atom is 0.192 e. The molecule has 0 atom stereocenters. The van der Waals surface area contributed by atoms with E-state index < -0.39 is 8.24 Å². The molecule has 58 valence electrons. The van der Waals surface area contributed by atoms with E-state index >= 15 is 0 Å². The van der Waals surface area contributed by atoms with Crippen LogP contribution in [0.4, 0.5) is 0 Å². The first-order valence-electron chi connectivity index (χ1n) is 3.98. The molecule has 0 heterocycles. The van der Waals surface area contributed by atoms with E-state index in [1.807, 2.05) is 0 Å². The number of hydrogen-bond acceptors (Lipinski definition) is 1. The van der Waals surface area contributed by atoms with Gasteiger partial charge in [-0.3, -0.25) is 4.66 Å². The molecular formula is C8H17NSi. The predicted molar refractivity (Wildman–Crippen MR) is 50.3 cm³/mol. The van der Waals surface area contributed by atoms with Gasteiger partial charge in [-0.05, 0) is 30.6 Å². The van der Waals surface area contributed by atoms with Crippen LogP contribution in [0, 0.1) is 0 Å². The van der Waals surface area contributed by atoms with Crippen molar-refractivity contribution in [3.63, 3.8) is 0 Å². The van der Waals surface area contributed by atoms with E-state index in [-0.39, 0.29) is 0 Å². The number of rotatable bonds is 4. The van der Waals surface area contributed by atoms with Crippen molar-refractivity contribution in [3.05, 3.63) is 6.58 Å². The molecule has 0 fully saturated rings. The Labute approximate surface area is 65.0 Å². The molecule has 10 heavy (non-hydrogen) atoms. The highest BCUT2D eigenvalue weighted by Gasteiger charge is 2.25. The summed E-state index contributed by atoms with van der Waals surface area (Å²) in [5, 5.41) is 0. The third-order valence-electron chi connectivity index (χ3n) is 2.29. The molecule has 1 nitrogen and oxygen atoms in total. The van der Waals surface area contributed by atoms with Gasteiger partial charge in [0, 0.05) is 0 Å². The Morgan fingerprint density at radius 1 is 1.20 bits per heavy atom. The Morgan fingerprint density at radius 2 is 1.60 bits per heavy atom. The molecule has 0 spiro atoms. The molecule has 0 rings (SSSR count). The molecule has 0 aliphatic carbocycles. The van der Waals surface area contributed by atoms with E-state index in [1.54, 1.807) is 0 Å². The van der Waals surface area contributed by atoms with E-state index in [9.17, 15) is 0 Å². The Hall–Kier alpha value is -0.333. The van der Waals surface area contributed by atoms with Crippen LogP contribution >= 0.6 is 0 Å². The number of nitrogens with zero attached hydrogens (tertiary/aromatic N) is 1. The molecular weight excluding hydrogens is 138 g/mol. The van der Waals surface area contributed by atoms with Gasteiger partial charge in [0.2, 0.25) is 0 Å². The summed E-state index contributed by atoms with van der Waals surface area (Å²) in [6, 6.07) is 3.67. The molecule has 0 radical (unpaired) electrons. The molecule has 0 aliphatic heterocycles. The van der Waals surface area contributed by atoms with Crippen molar-refractivity contribution in [1.29, 1.82) is 0 Å². The molecule has 0 bridgehead atoms. The molecule has 0 aromatic rings. The minimum Gasteiger partial charge on any atom is -0.284 e. The van der Waals surface area contributed by atoms with Gasteiger partial charge in [-0.2, -0.15) is 0 Å². The lowest BCUT2D eigenvalue weighted by Crippen LogP contribution is -2.28. The maximum atomic E-state index is 4.39. The van der Waals surface area contributed by atoms with Gasteiger partial charge in [0.1, 0.15) is 0 Å². The van der Waals surface area contributed by atoms with E-state index in [4.69, 9.17) is 0 Å².